The second-order valence-electron chi connectivity index (χ2n) is 19.2. The van der Waals surface area contributed by atoms with Crippen molar-refractivity contribution in [3.63, 3.8) is 0 Å². The number of nitrogens with one attached hydrogen (secondary N) is 4. The van der Waals surface area contributed by atoms with Gasteiger partial charge in [-0.1, -0.05) is 0 Å². The zero-order valence-electron chi connectivity index (χ0n) is 42.1. The third-order valence-electron chi connectivity index (χ3n) is 13.6. The number of aryl methyl sites for hydroxylation is 4. The summed E-state index contributed by atoms with van der Waals surface area (Å²) in [6, 6.07) is 0. The van der Waals surface area contributed by atoms with Gasteiger partial charge in [-0.15, -0.1) is 0 Å². The third kappa shape index (κ3) is 13.0. The van der Waals surface area contributed by atoms with E-state index >= 15 is 0 Å². The van der Waals surface area contributed by atoms with Crippen molar-refractivity contribution in [2.24, 2.45) is 0 Å². The molecule has 9 heterocycles. The van der Waals surface area contributed by atoms with Gasteiger partial charge in [-0.2, -0.15) is 13.6 Å². The molecule has 0 radical (unpaired) electrons. The molecule has 37 heteroatoms. The summed E-state index contributed by atoms with van der Waals surface area (Å²) in [6.07, 6.45) is -14.6. The fourth-order valence-corrected chi connectivity index (χ4v) is 13.0. The van der Waals surface area contributed by atoms with E-state index in [4.69, 9.17) is 50.6 Å². The second kappa shape index (κ2) is 23.1. The normalized spacial score (nSPS) is 32.5. The highest BCUT2D eigenvalue weighted by molar-refractivity contribution is 7.54. The number of ether oxygens (including phenoxy) is 4. The average Bonchev–Trinajstić information content (AvgIpc) is 4.30. The molecule has 5 aliphatic rings. The lowest BCUT2D eigenvalue weighted by atomic mass is 10.1. The van der Waals surface area contributed by atoms with Crippen LogP contribution in [0.2, 0.25) is 0 Å². The molecule has 16 atom stereocenters. The van der Waals surface area contributed by atoms with Crippen molar-refractivity contribution in [1.29, 1.82) is 0 Å². The van der Waals surface area contributed by atoms with Gasteiger partial charge in [0.05, 0.1) is 32.5 Å². The Kier molecular flexibility index (Phi) is 17.1. The summed E-state index contributed by atoms with van der Waals surface area (Å²) < 4.78 is 94.1. The first kappa shape index (κ1) is 58.6. The van der Waals surface area contributed by atoms with Crippen molar-refractivity contribution in [2.75, 3.05) is 26.4 Å². The molecular formula is C42H55N8O26P3. The van der Waals surface area contributed by atoms with E-state index in [9.17, 15) is 72.4 Å². The van der Waals surface area contributed by atoms with E-state index in [0.29, 0.717) is 0 Å². The molecule has 0 aliphatic carbocycles. The number of phosphoric ester groups is 3. The van der Waals surface area contributed by atoms with Gasteiger partial charge in [0, 0.05) is 79.1 Å². The van der Waals surface area contributed by atoms with Gasteiger partial charge >= 0.3 is 46.6 Å². The summed E-state index contributed by atoms with van der Waals surface area (Å²) in [5.41, 5.74) is -5.92. The molecule has 4 aromatic heterocycles. The number of rotatable bonds is 18. The number of H-pyrrole nitrogens is 4. The molecule has 0 amide bonds. The number of hydrogen-bond acceptors (Lipinski definition) is 24. The molecule has 3 unspecified atom stereocenters. The Morgan fingerprint density at radius 1 is 0.595 bits per heavy atom. The molecule has 0 aromatic carbocycles. The summed E-state index contributed by atoms with van der Waals surface area (Å²) >= 11 is 0. The molecule has 0 bridgehead atoms. The van der Waals surface area contributed by atoms with Crippen LogP contribution in [0.5, 0.6) is 0 Å². The van der Waals surface area contributed by atoms with Gasteiger partial charge in [0.15, 0.2) is 0 Å². The lowest BCUT2D eigenvalue weighted by Gasteiger charge is -2.37. The maximum atomic E-state index is 14.7. The summed E-state index contributed by atoms with van der Waals surface area (Å²) in [5, 5.41) is 20.8. The van der Waals surface area contributed by atoms with Gasteiger partial charge < -0.3 is 43.8 Å². The van der Waals surface area contributed by atoms with Crippen LogP contribution >= 0.6 is 23.8 Å². The van der Waals surface area contributed by atoms with Crippen LogP contribution in [0.3, 0.4) is 0 Å². The Balaban J connectivity index is 0.919. The van der Waals surface area contributed by atoms with Crippen molar-refractivity contribution in [1.82, 2.24) is 38.2 Å². The maximum absolute atomic E-state index is 14.7. The molecule has 434 valence electrons. The number of nitrogens with zero attached hydrogens (tertiary/aromatic N) is 4. The van der Waals surface area contributed by atoms with Gasteiger partial charge in [0.25, 0.3) is 22.2 Å². The highest BCUT2D eigenvalue weighted by Crippen LogP contribution is 2.62. The fraction of sp³-hybridized carbons (Fsp3) is 0.619. The van der Waals surface area contributed by atoms with Crippen molar-refractivity contribution >= 4 is 23.8 Å². The Morgan fingerprint density at radius 2 is 0.987 bits per heavy atom. The first-order valence-electron chi connectivity index (χ1n) is 24.3. The molecule has 8 N–H and O–H groups in total. The van der Waals surface area contributed by atoms with E-state index in [1.165, 1.54) is 40.1 Å². The molecule has 5 aliphatic heterocycles. The fourth-order valence-electron chi connectivity index (χ4n) is 9.49. The predicted molar refractivity (Wildman–Crippen MR) is 260 cm³/mol. The summed E-state index contributed by atoms with van der Waals surface area (Å²) in [7, 11) is -15.4. The Hall–Kier alpha value is -5.03. The lowest BCUT2D eigenvalue weighted by molar-refractivity contribution is -0.273. The van der Waals surface area contributed by atoms with E-state index in [2.05, 4.69) is 19.9 Å². The minimum atomic E-state index is -5.24. The van der Waals surface area contributed by atoms with Crippen molar-refractivity contribution < 1.29 is 84.6 Å². The topological polar surface area (TPSA) is 459 Å². The van der Waals surface area contributed by atoms with Crippen LogP contribution in [-0.4, -0.2) is 140 Å². The highest BCUT2D eigenvalue weighted by atomic mass is 31.2. The van der Waals surface area contributed by atoms with Gasteiger partial charge in [-0.3, -0.25) is 75.5 Å². The predicted octanol–water partition coefficient (Wildman–Crippen LogP) is -2.84. The first-order chi connectivity index (χ1) is 37.2. The van der Waals surface area contributed by atoms with E-state index in [1.54, 1.807) is 0 Å². The minimum absolute atomic E-state index is 0.0653. The number of hydrogen-bond donors (Lipinski definition) is 8. The SMILES string of the molecule is Cc1cn([C@H]2C[C@H](OP(=O)(O)OC[C@H]3O[C@@H](n4cc(C)c(=O)[nH]c4=O)C[C@@H]3O)[C@@H]([C@@H]3CCO[P+]([O-])(O[C@H]4C[C@H](n5cc(C)c(=O)[nH]c5=O)O[C@@H]4COP(=O)(O)O[C@H]4C[C@H](n5cc(C)c(=O)[nH]c5=O)O[C@@H]4CO)O3)O2)c(=O)[nH]c1=O. The van der Waals surface area contributed by atoms with Crippen LogP contribution in [0.4, 0.5) is 0 Å². The van der Waals surface area contributed by atoms with Crippen molar-refractivity contribution in [3.8, 4) is 0 Å². The monoisotopic (exact) mass is 1180 g/mol. The van der Waals surface area contributed by atoms with Gasteiger partial charge in [0.1, 0.15) is 73.7 Å². The lowest BCUT2D eigenvalue weighted by Crippen LogP contribution is -2.44. The minimum Gasteiger partial charge on any atom is -0.606 e. The van der Waals surface area contributed by atoms with Gasteiger partial charge in [0.2, 0.25) is 0 Å². The Bertz CT molecular complexity index is 3540. The Morgan fingerprint density at radius 3 is 1.47 bits per heavy atom. The van der Waals surface area contributed by atoms with E-state index in [-0.39, 0.29) is 41.5 Å². The number of aromatic amines is 4. The largest absolute Gasteiger partial charge is 0.606 e. The van der Waals surface area contributed by atoms with Crippen LogP contribution in [0.1, 0.15) is 79.3 Å². The van der Waals surface area contributed by atoms with Gasteiger partial charge in [-0.05, 0) is 27.7 Å². The summed E-state index contributed by atoms with van der Waals surface area (Å²) in [6.45, 7) is 2.78. The molecule has 9 rings (SSSR count). The average molecular weight is 1180 g/mol. The molecule has 5 fully saturated rings. The summed E-state index contributed by atoms with van der Waals surface area (Å²) in [4.78, 5) is 145. The van der Waals surface area contributed by atoms with Crippen LogP contribution < -0.4 is 49.9 Å². The summed E-state index contributed by atoms with van der Waals surface area (Å²) in [5.74, 6) is 0. The van der Waals surface area contributed by atoms with Crippen LogP contribution in [0.15, 0.2) is 63.1 Å². The highest BCUT2D eigenvalue weighted by Gasteiger charge is 2.55. The molecule has 4 aromatic rings. The third-order valence-corrected chi connectivity index (χ3v) is 17.2. The standard InChI is InChI=1S/C42H55N8O26P3/c1-18-11-47(39(57)43-35(18)53)30-7-22(52)28(70-30)16-67-78(63,64)74-26-10-33(50-14-21(4)38(56)46-42(50)60)72-34(26)23-5-6-66-79(65,75-23)76-25-9-32(49-13-20(3)37(55)45-41(49)59)71-29(25)17-68-77(61,62)73-24-8-31(69-27(24)15-51)48-12-19(2)36(54)44-40(48)58/h11-14,22-34,51-52H,5-10,15-17H2,1-4H3,(H,61,62)(H,63,64)(H,43,53,57)(H,44,54,58)(H,45,55,59)(H,46,56,60)/t22-,23-,24-,25-,26-,27+,28+,29+,30+,31+,32+,33+,34+,79?/m0/s1. The Labute approximate surface area is 442 Å². The van der Waals surface area contributed by atoms with Crippen molar-refractivity contribution in [3.05, 3.63) is 130 Å². The van der Waals surface area contributed by atoms with E-state index < -0.39 is 188 Å². The maximum Gasteiger partial charge on any atom is 0.472 e. The first-order valence-corrected chi connectivity index (χ1v) is 28.8. The molecule has 5 saturated heterocycles. The molecular weight excluding hydrogens is 1130 g/mol. The second-order valence-corrected chi connectivity index (χ2v) is 23.6. The quantitative estimate of drug-likeness (QED) is 0.0465. The number of aliphatic hydroxyl groups is 2. The van der Waals surface area contributed by atoms with Crippen LogP contribution in [0.25, 0.3) is 0 Å². The zero-order valence-corrected chi connectivity index (χ0v) is 44.8. The van der Waals surface area contributed by atoms with Crippen LogP contribution in [0, 0.1) is 27.7 Å². The zero-order chi connectivity index (χ0) is 57.0. The number of phosphoric acid groups is 3. The van der Waals surface area contributed by atoms with E-state index in [0.717, 1.165) is 30.7 Å². The molecule has 79 heavy (non-hydrogen) atoms. The number of aromatic nitrogens is 8. The smallest absolute Gasteiger partial charge is 0.472 e. The molecule has 0 saturated carbocycles. The molecule has 0 spiro atoms. The van der Waals surface area contributed by atoms with Gasteiger partial charge in [-0.25, -0.2) is 28.3 Å². The number of aliphatic hydroxyl groups excluding tert-OH is 2. The van der Waals surface area contributed by atoms with E-state index in [1.807, 2.05) is 0 Å². The van der Waals surface area contributed by atoms with Crippen molar-refractivity contribution in [2.45, 2.75) is 140 Å². The van der Waals surface area contributed by atoms with Crippen LogP contribution in [-0.2, 0) is 59.7 Å². The molecule has 34 nitrogen and oxygen atoms in total.